The average molecular weight is 279 g/mol. The van der Waals surface area contributed by atoms with E-state index in [1.54, 1.807) is 13.0 Å². The van der Waals surface area contributed by atoms with Crippen molar-refractivity contribution in [1.29, 1.82) is 0 Å². The van der Waals surface area contributed by atoms with Crippen molar-refractivity contribution in [2.24, 2.45) is 0 Å². The molecular formula is C15H22FN3O. The number of nitrogens with two attached hydrogens (primary N) is 1. The molecule has 1 aromatic rings. The second-order valence-electron chi connectivity index (χ2n) is 5.73. The number of carbonyl (C=O) groups excluding carboxylic acids is 1. The predicted octanol–water partition coefficient (Wildman–Crippen LogP) is 1.88. The van der Waals surface area contributed by atoms with Crippen LogP contribution >= 0.6 is 0 Å². The highest BCUT2D eigenvalue weighted by molar-refractivity contribution is 5.95. The molecule has 1 aliphatic heterocycles. The molecule has 2 rings (SSSR count). The van der Waals surface area contributed by atoms with E-state index in [0.717, 1.165) is 25.9 Å². The Bertz CT molecular complexity index is 493. The monoisotopic (exact) mass is 279 g/mol. The molecule has 1 aromatic carbocycles. The maximum absolute atomic E-state index is 13.7. The average Bonchev–Trinajstić information content (AvgIpc) is 2.81. The SMILES string of the molecule is Cc1c(N)cc(C(=O)N2CCCC2CN(C)C)cc1F. The summed E-state index contributed by atoms with van der Waals surface area (Å²) in [5, 5.41) is 0. The van der Waals surface area contributed by atoms with Crippen LogP contribution in [-0.4, -0.2) is 48.9 Å². The van der Waals surface area contributed by atoms with Crippen molar-refractivity contribution in [2.45, 2.75) is 25.8 Å². The molecule has 0 saturated carbocycles. The van der Waals surface area contributed by atoms with Gasteiger partial charge in [-0.3, -0.25) is 4.79 Å². The zero-order valence-corrected chi connectivity index (χ0v) is 12.3. The summed E-state index contributed by atoms with van der Waals surface area (Å²) in [6, 6.07) is 3.06. The van der Waals surface area contributed by atoms with Crippen LogP contribution in [0.1, 0.15) is 28.8 Å². The van der Waals surface area contributed by atoms with Crippen LogP contribution in [0.4, 0.5) is 10.1 Å². The normalized spacial score (nSPS) is 18.9. The number of hydrogen-bond acceptors (Lipinski definition) is 3. The first-order chi connectivity index (χ1) is 9.40. The molecule has 1 aliphatic rings. The van der Waals surface area contributed by atoms with E-state index in [9.17, 15) is 9.18 Å². The van der Waals surface area contributed by atoms with Crippen molar-refractivity contribution in [3.05, 3.63) is 29.1 Å². The number of anilines is 1. The minimum atomic E-state index is -0.420. The molecule has 1 amide bonds. The van der Waals surface area contributed by atoms with E-state index in [-0.39, 0.29) is 11.9 Å². The Morgan fingerprint density at radius 3 is 2.80 bits per heavy atom. The minimum Gasteiger partial charge on any atom is -0.398 e. The Labute approximate surface area is 119 Å². The third kappa shape index (κ3) is 2.93. The van der Waals surface area contributed by atoms with Crippen LogP contribution in [0.2, 0.25) is 0 Å². The number of amides is 1. The largest absolute Gasteiger partial charge is 0.398 e. The third-order valence-electron chi connectivity index (χ3n) is 3.85. The third-order valence-corrected chi connectivity index (χ3v) is 3.85. The van der Waals surface area contributed by atoms with Gasteiger partial charge in [0.1, 0.15) is 5.82 Å². The molecule has 1 saturated heterocycles. The van der Waals surface area contributed by atoms with Crippen LogP contribution in [-0.2, 0) is 0 Å². The van der Waals surface area contributed by atoms with E-state index < -0.39 is 5.82 Å². The highest BCUT2D eigenvalue weighted by Gasteiger charge is 2.30. The first-order valence-corrected chi connectivity index (χ1v) is 6.91. The first-order valence-electron chi connectivity index (χ1n) is 6.91. The second-order valence-corrected chi connectivity index (χ2v) is 5.73. The Kier molecular flexibility index (Phi) is 4.28. The molecule has 1 atom stereocenters. The Morgan fingerprint density at radius 1 is 1.50 bits per heavy atom. The zero-order chi connectivity index (χ0) is 14.9. The van der Waals surface area contributed by atoms with Gasteiger partial charge in [0.15, 0.2) is 0 Å². The van der Waals surface area contributed by atoms with Crippen molar-refractivity contribution in [3.63, 3.8) is 0 Å². The van der Waals surface area contributed by atoms with Gasteiger partial charge in [-0.2, -0.15) is 0 Å². The van der Waals surface area contributed by atoms with E-state index in [2.05, 4.69) is 4.90 Å². The van der Waals surface area contributed by atoms with Crippen LogP contribution in [0.25, 0.3) is 0 Å². The lowest BCUT2D eigenvalue weighted by molar-refractivity contribution is 0.0716. The number of nitrogens with zero attached hydrogens (tertiary/aromatic N) is 2. The van der Waals surface area contributed by atoms with Crippen LogP contribution in [0.3, 0.4) is 0 Å². The molecule has 0 spiro atoms. The van der Waals surface area contributed by atoms with Gasteiger partial charge in [0.2, 0.25) is 0 Å². The summed E-state index contributed by atoms with van der Waals surface area (Å²) in [4.78, 5) is 16.4. The number of benzene rings is 1. The number of halogens is 1. The summed E-state index contributed by atoms with van der Waals surface area (Å²) in [5.74, 6) is -0.545. The van der Waals surface area contributed by atoms with Crippen molar-refractivity contribution < 1.29 is 9.18 Å². The molecular weight excluding hydrogens is 257 g/mol. The number of carbonyl (C=O) groups is 1. The van der Waals surface area contributed by atoms with E-state index in [0.29, 0.717) is 16.8 Å². The molecule has 0 aromatic heterocycles. The Hall–Kier alpha value is -1.62. The fourth-order valence-corrected chi connectivity index (χ4v) is 2.70. The summed E-state index contributed by atoms with van der Waals surface area (Å²) in [7, 11) is 3.98. The highest BCUT2D eigenvalue weighted by Crippen LogP contribution is 2.23. The van der Waals surface area contributed by atoms with Crippen molar-refractivity contribution >= 4 is 11.6 Å². The van der Waals surface area contributed by atoms with E-state index >= 15 is 0 Å². The van der Waals surface area contributed by atoms with Crippen molar-refractivity contribution in [1.82, 2.24) is 9.80 Å². The minimum absolute atomic E-state index is 0.125. The lowest BCUT2D eigenvalue weighted by atomic mass is 10.1. The number of rotatable bonds is 3. The Balaban J connectivity index is 2.22. The van der Waals surface area contributed by atoms with Crippen LogP contribution in [0.15, 0.2) is 12.1 Å². The molecule has 1 fully saturated rings. The van der Waals surface area contributed by atoms with E-state index in [1.807, 2.05) is 19.0 Å². The summed E-state index contributed by atoms with van der Waals surface area (Å²) >= 11 is 0. The van der Waals surface area contributed by atoms with E-state index in [4.69, 9.17) is 5.73 Å². The summed E-state index contributed by atoms with van der Waals surface area (Å²) in [6.45, 7) is 3.17. The second kappa shape index (κ2) is 5.79. The van der Waals surface area contributed by atoms with E-state index in [1.165, 1.54) is 6.07 Å². The van der Waals surface area contributed by atoms with Gasteiger partial charge in [-0.1, -0.05) is 0 Å². The summed E-state index contributed by atoms with van der Waals surface area (Å²) < 4.78 is 13.7. The van der Waals surface area contributed by atoms with Crippen LogP contribution in [0, 0.1) is 12.7 Å². The molecule has 2 N–H and O–H groups in total. The molecule has 5 heteroatoms. The van der Waals surface area contributed by atoms with Crippen LogP contribution in [0.5, 0.6) is 0 Å². The Morgan fingerprint density at radius 2 is 2.20 bits per heavy atom. The fraction of sp³-hybridized carbons (Fsp3) is 0.533. The topological polar surface area (TPSA) is 49.6 Å². The molecule has 0 radical (unpaired) electrons. The fourth-order valence-electron chi connectivity index (χ4n) is 2.70. The molecule has 1 unspecified atom stereocenters. The number of nitrogen functional groups attached to an aromatic ring is 1. The number of hydrogen-bond donors (Lipinski definition) is 1. The lowest BCUT2D eigenvalue weighted by Gasteiger charge is -2.27. The lowest BCUT2D eigenvalue weighted by Crippen LogP contribution is -2.41. The van der Waals surface area contributed by atoms with Gasteiger partial charge in [0.25, 0.3) is 5.91 Å². The van der Waals surface area contributed by atoms with Gasteiger partial charge < -0.3 is 15.5 Å². The van der Waals surface area contributed by atoms with Crippen molar-refractivity contribution in [3.8, 4) is 0 Å². The predicted molar refractivity (Wildman–Crippen MR) is 78.2 cm³/mol. The maximum atomic E-state index is 13.7. The number of likely N-dealkylation sites (N-methyl/N-ethyl adjacent to an activating group) is 1. The molecule has 4 nitrogen and oxygen atoms in total. The van der Waals surface area contributed by atoms with Gasteiger partial charge in [0.05, 0.1) is 0 Å². The standard InChI is InChI=1S/C15H22FN3O/c1-10-13(16)7-11(8-14(10)17)15(20)19-6-4-5-12(19)9-18(2)3/h7-8,12H,4-6,9,17H2,1-3H3. The first kappa shape index (κ1) is 14.8. The van der Waals surface area contributed by atoms with Gasteiger partial charge in [-0.25, -0.2) is 4.39 Å². The quantitative estimate of drug-likeness (QED) is 0.860. The van der Waals surface area contributed by atoms with Crippen LogP contribution < -0.4 is 5.73 Å². The highest BCUT2D eigenvalue weighted by atomic mass is 19.1. The summed E-state index contributed by atoms with van der Waals surface area (Å²) in [5.41, 5.74) is 6.82. The molecule has 20 heavy (non-hydrogen) atoms. The van der Waals surface area contributed by atoms with Crippen molar-refractivity contribution in [2.75, 3.05) is 32.9 Å². The number of likely N-dealkylation sites (tertiary alicyclic amines) is 1. The smallest absolute Gasteiger partial charge is 0.254 e. The molecule has 0 bridgehead atoms. The van der Waals surface area contributed by atoms with Gasteiger partial charge in [-0.15, -0.1) is 0 Å². The molecule has 1 heterocycles. The van der Waals surface area contributed by atoms with Gasteiger partial charge in [0, 0.05) is 35.9 Å². The maximum Gasteiger partial charge on any atom is 0.254 e. The van der Waals surface area contributed by atoms with Gasteiger partial charge in [-0.05, 0) is 46.0 Å². The summed E-state index contributed by atoms with van der Waals surface area (Å²) in [6.07, 6.45) is 1.99. The van der Waals surface area contributed by atoms with Gasteiger partial charge >= 0.3 is 0 Å². The molecule has 110 valence electrons. The zero-order valence-electron chi connectivity index (χ0n) is 12.3. The molecule has 0 aliphatic carbocycles.